The van der Waals surface area contributed by atoms with Gasteiger partial charge in [0.2, 0.25) is 0 Å². The second-order valence-electron chi connectivity index (χ2n) is 9.23. The van der Waals surface area contributed by atoms with Gasteiger partial charge in [0.1, 0.15) is 11.4 Å². The zero-order chi connectivity index (χ0) is 25.8. The Hall–Kier alpha value is -2.89. The average molecular weight is 540 g/mol. The Morgan fingerprint density at radius 3 is 2.33 bits per heavy atom. The molecule has 2 aliphatic rings. The third-order valence-corrected chi connectivity index (χ3v) is 9.92. The van der Waals surface area contributed by atoms with Crippen molar-refractivity contribution in [2.24, 2.45) is 11.8 Å². The van der Waals surface area contributed by atoms with Gasteiger partial charge < -0.3 is 15.4 Å². The molecular weight excluding hydrogens is 519 g/mol. The van der Waals surface area contributed by atoms with E-state index in [-0.39, 0.29) is 45.8 Å². The van der Waals surface area contributed by atoms with Crippen molar-refractivity contribution >= 4 is 33.0 Å². The lowest BCUT2D eigenvalue weighted by Crippen LogP contribution is -2.46. The van der Waals surface area contributed by atoms with E-state index in [1.807, 2.05) is 0 Å². The average Bonchev–Trinajstić information content (AvgIpc) is 3.40. The first-order valence-electron chi connectivity index (χ1n) is 11.2. The Balaban J connectivity index is 1.41. The number of hydrogen-bond donors (Lipinski definition) is 3. The molecule has 1 aromatic heterocycles. The Kier molecular flexibility index (Phi) is 6.12. The summed E-state index contributed by atoms with van der Waals surface area (Å²) < 4.78 is 67.4. The molecule has 2 aromatic carbocycles. The van der Waals surface area contributed by atoms with Gasteiger partial charge in [0, 0.05) is 35.8 Å². The number of aromatic nitrogens is 2. The van der Waals surface area contributed by atoms with Crippen molar-refractivity contribution < 1.29 is 31.5 Å². The van der Waals surface area contributed by atoms with Gasteiger partial charge >= 0.3 is 0 Å². The monoisotopic (exact) mass is 539 g/mol. The van der Waals surface area contributed by atoms with Crippen molar-refractivity contribution in [3.05, 3.63) is 76.6 Å². The van der Waals surface area contributed by atoms with Crippen LogP contribution in [0.4, 0.5) is 18.9 Å². The van der Waals surface area contributed by atoms with E-state index in [9.17, 15) is 31.5 Å². The van der Waals surface area contributed by atoms with E-state index in [4.69, 9.17) is 11.6 Å². The van der Waals surface area contributed by atoms with Crippen molar-refractivity contribution in [3.8, 4) is 0 Å². The van der Waals surface area contributed by atoms with Crippen LogP contribution >= 0.6 is 11.6 Å². The molecule has 2 aliphatic carbocycles. The first-order chi connectivity index (χ1) is 17.0. The number of imidazole rings is 1. The molecule has 7 nitrogen and oxygen atoms in total. The number of aromatic amines is 1. The highest BCUT2D eigenvalue weighted by atomic mass is 35.5. The number of aliphatic hydroxyl groups is 1. The van der Waals surface area contributed by atoms with Crippen LogP contribution in [0.5, 0.6) is 0 Å². The molecule has 2 bridgehead atoms. The van der Waals surface area contributed by atoms with E-state index >= 15 is 0 Å². The molecule has 2 fully saturated rings. The number of amides is 1. The van der Waals surface area contributed by atoms with Crippen LogP contribution in [0.2, 0.25) is 5.02 Å². The smallest absolute Gasteiger partial charge is 0.255 e. The van der Waals surface area contributed by atoms with E-state index in [0.717, 1.165) is 6.07 Å². The molecule has 0 radical (unpaired) electrons. The third-order valence-electron chi connectivity index (χ3n) is 7.26. The van der Waals surface area contributed by atoms with Crippen LogP contribution in [-0.4, -0.2) is 34.6 Å². The zero-order valence-electron chi connectivity index (χ0n) is 18.6. The molecule has 36 heavy (non-hydrogen) atoms. The lowest BCUT2D eigenvalue weighted by Gasteiger charge is -2.41. The third kappa shape index (κ3) is 3.99. The molecule has 3 N–H and O–H groups in total. The molecule has 190 valence electrons. The fourth-order valence-electron chi connectivity index (χ4n) is 5.50. The summed E-state index contributed by atoms with van der Waals surface area (Å²) in [6.45, 7) is 0. The molecule has 0 spiro atoms. The van der Waals surface area contributed by atoms with Gasteiger partial charge in [0.05, 0.1) is 15.2 Å². The first kappa shape index (κ1) is 24.8. The second-order valence-corrected chi connectivity index (χ2v) is 11.8. The molecule has 1 heterocycles. The Morgan fingerprint density at radius 1 is 1.11 bits per heavy atom. The van der Waals surface area contributed by atoms with Gasteiger partial charge in [-0.3, -0.25) is 4.79 Å². The van der Waals surface area contributed by atoms with Crippen molar-refractivity contribution in [2.75, 3.05) is 5.32 Å². The molecule has 1 amide bonds. The minimum absolute atomic E-state index is 0.0790. The van der Waals surface area contributed by atoms with Gasteiger partial charge in [-0.2, -0.15) is 0 Å². The molecule has 12 heteroatoms. The number of carbonyl (C=O) groups excluding carboxylic acids is 1. The quantitative estimate of drug-likeness (QED) is 0.411. The Morgan fingerprint density at radius 2 is 1.75 bits per heavy atom. The second kappa shape index (κ2) is 8.89. The number of nitrogens with zero attached hydrogens (tertiary/aromatic N) is 1. The van der Waals surface area contributed by atoms with Crippen molar-refractivity contribution in [2.45, 2.75) is 41.4 Å². The summed E-state index contributed by atoms with van der Waals surface area (Å²) in [5.41, 5.74) is -1.69. The summed E-state index contributed by atoms with van der Waals surface area (Å²) >= 11 is 6.23. The molecule has 2 saturated carbocycles. The molecule has 2 unspecified atom stereocenters. The number of anilines is 1. The van der Waals surface area contributed by atoms with E-state index in [0.29, 0.717) is 30.8 Å². The fourth-order valence-corrected chi connectivity index (χ4v) is 7.90. The summed E-state index contributed by atoms with van der Waals surface area (Å²) in [5, 5.41) is 12.7. The molecule has 4 atom stereocenters. The van der Waals surface area contributed by atoms with Crippen LogP contribution < -0.4 is 5.32 Å². The maximum absolute atomic E-state index is 13.6. The van der Waals surface area contributed by atoms with E-state index in [2.05, 4.69) is 15.3 Å². The van der Waals surface area contributed by atoms with E-state index < -0.39 is 44.0 Å². The van der Waals surface area contributed by atoms with Gasteiger partial charge in [0.15, 0.2) is 27.3 Å². The standard InChI is InChI=1S/C24H21ClF3N3O4S/c25-17-4-1-12(22(32)31-15-10-18(26)21(28)19(27)11-15)7-20(17)36(34,35)16-8-13-2-3-14(9-16)24(13,33)23-29-5-6-30-23/h1,4-7,10-11,13-14,16,33H,2-3,8-9H2,(H,29,30)(H,31,32)/t13-,14?,16?,24-/m0/s1. The van der Waals surface area contributed by atoms with Crippen LogP contribution in [-0.2, 0) is 15.4 Å². The van der Waals surface area contributed by atoms with E-state index in [1.54, 1.807) is 12.4 Å². The summed E-state index contributed by atoms with van der Waals surface area (Å²) in [4.78, 5) is 19.6. The lowest BCUT2D eigenvalue weighted by molar-refractivity contribution is -0.0713. The first-order valence-corrected chi connectivity index (χ1v) is 13.2. The van der Waals surface area contributed by atoms with Crippen molar-refractivity contribution in [1.82, 2.24) is 9.97 Å². The maximum Gasteiger partial charge on any atom is 0.255 e. The zero-order valence-corrected chi connectivity index (χ0v) is 20.2. The van der Waals surface area contributed by atoms with Crippen LogP contribution in [0.15, 0.2) is 47.6 Å². The Labute approximate surface area is 209 Å². The highest BCUT2D eigenvalue weighted by Gasteiger charge is 2.58. The van der Waals surface area contributed by atoms with E-state index in [1.165, 1.54) is 12.1 Å². The summed E-state index contributed by atoms with van der Waals surface area (Å²) in [5.74, 6) is -5.71. The summed E-state index contributed by atoms with van der Waals surface area (Å²) in [6, 6.07) is 4.86. The minimum Gasteiger partial charge on any atom is -0.381 e. The maximum atomic E-state index is 13.6. The number of hydrogen-bond acceptors (Lipinski definition) is 5. The number of nitrogens with one attached hydrogen (secondary N) is 2. The Bertz CT molecular complexity index is 1410. The predicted molar refractivity (Wildman–Crippen MR) is 125 cm³/mol. The molecule has 0 aliphatic heterocycles. The number of carbonyl (C=O) groups is 1. The molecule has 3 aromatic rings. The predicted octanol–water partition coefficient (Wildman–Crippen LogP) is 4.58. The highest BCUT2D eigenvalue weighted by Crippen LogP contribution is 2.56. The topological polar surface area (TPSA) is 112 Å². The molecule has 0 saturated heterocycles. The summed E-state index contributed by atoms with van der Waals surface area (Å²) in [7, 11) is -4.01. The fraction of sp³-hybridized carbons (Fsp3) is 0.333. The molecular formula is C24H21ClF3N3O4S. The van der Waals surface area contributed by atoms with Gasteiger partial charge in [-0.05, 0) is 55.7 Å². The van der Waals surface area contributed by atoms with Crippen LogP contribution in [0.3, 0.4) is 0 Å². The lowest BCUT2D eigenvalue weighted by atomic mass is 9.74. The number of benzene rings is 2. The van der Waals surface area contributed by atoms with Crippen LogP contribution in [0, 0.1) is 29.3 Å². The highest BCUT2D eigenvalue weighted by molar-refractivity contribution is 7.92. The van der Waals surface area contributed by atoms with Gasteiger partial charge in [-0.25, -0.2) is 26.6 Å². The van der Waals surface area contributed by atoms with Crippen LogP contribution in [0.1, 0.15) is 41.9 Å². The van der Waals surface area contributed by atoms with Crippen molar-refractivity contribution in [3.63, 3.8) is 0 Å². The largest absolute Gasteiger partial charge is 0.381 e. The van der Waals surface area contributed by atoms with Crippen molar-refractivity contribution in [1.29, 1.82) is 0 Å². The van der Waals surface area contributed by atoms with Gasteiger partial charge in [-0.1, -0.05) is 11.6 Å². The minimum atomic E-state index is -4.01. The SMILES string of the molecule is O=C(Nc1cc(F)c(F)c(F)c1)c1ccc(Cl)c(S(=O)(=O)C2CC3CC[C@@H](C2)[C@@]3(O)c2ncc[nH]2)c1. The number of sulfone groups is 1. The number of rotatable bonds is 5. The van der Waals surface area contributed by atoms with Gasteiger partial charge in [0.25, 0.3) is 5.91 Å². The molecule has 5 rings (SSSR count). The van der Waals surface area contributed by atoms with Gasteiger partial charge in [-0.15, -0.1) is 0 Å². The normalized spacial score (nSPS) is 25.6. The van der Waals surface area contributed by atoms with Crippen LogP contribution in [0.25, 0.3) is 0 Å². The summed E-state index contributed by atoms with van der Waals surface area (Å²) in [6.07, 6.45) is 4.83. The number of halogens is 4. The number of fused-ring (bicyclic) bond motifs is 2. The number of H-pyrrole nitrogens is 1.